The first kappa shape index (κ1) is 31.8. The lowest BCUT2D eigenvalue weighted by atomic mass is 10.00. The minimum atomic E-state index is -1.47. The summed E-state index contributed by atoms with van der Waals surface area (Å²) in [4.78, 5) is 72.4. The van der Waals surface area contributed by atoms with Gasteiger partial charge in [-0.05, 0) is 42.9 Å². The zero-order valence-corrected chi connectivity index (χ0v) is 21.3. The van der Waals surface area contributed by atoms with Crippen molar-refractivity contribution in [3.8, 4) is 5.75 Å². The molecular formula is C24H36N6O8. The molecule has 1 aromatic rings. The smallest absolute Gasteiger partial charge is 0.326 e. The fourth-order valence-electron chi connectivity index (χ4n) is 3.41. The largest absolute Gasteiger partial charge is 0.508 e. The fraction of sp³-hybridized carbons (Fsp3) is 0.500. The molecule has 0 radical (unpaired) electrons. The number of rotatable bonds is 16. The molecule has 0 fully saturated rings. The Labute approximate surface area is 219 Å². The number of phenols is 1. The van der Waals surface area contributed by atoms with E-state index in [1.807, 2.05) is 0 Å². The van der Waals surface area contributed by atoms with Gasteiger partial charge in [-0.2, -0.15) is 0 Å². The Morgan fingerprint density at radius 3 is 1.76 bits per heavy atom. The van der Waals surface area contributed by atoms with Crippen molar-refractivity contribution < 1.29 is 39.0 Å². The SMILES string of the molecule is CC(C)C(NC(=O)C(N)Cc1ccc(O)cc1)C(=O)NC(CCC(N)=O)C(=O)NC(CCC(N)=O)C(=O)O. The monoisotopic (exact) mass is 536 g/mol. The molecule has 11 N–H and O–H groups in total. The molecule has 0 aliphatic carbocycles. The lowest BCUT2D eigenvalue weighted by Crippen LogP contribution is -2.58. The number of nitrogens with two attached hydrogens (primary N) is 3. The molecule has 1 aromatic carbocycles. The third-order valence-corrected chi connectivity index (χ3v) is 5.58. The van der Waals surface area contributed by atoms with E-state index in [9.17, 15) is 39.0 Å². The number of benzene rings is 1. The van der Waals surface area contributed by atoms with Gasteiger partial charge < -0.3 is 43.4 Å². The Balaban J connectivity index is 2.96. The van der Waals surface area contributed by atoms with Crippen LogP contribution in [0.2, 0.25) is 0 Å². The predicted molar refractivity (Wildman–Crippen MR) is 135 cm³/mol. The van der Waals surface area contributed by atoms with Gasteiger partial charge in [-0.15, -0.1) is 0 Å². The minimum Gasteiger partial charge on any atom is -0.508 e. The van der Waals surface area contributed by atoms with Crippen LogP contribution in [0.4, 0.5) is 0 Å². The van der Waals surface area contributed by atoms with Gasteiger partial charge in [0, 0.05) is 12.8 Å². The number of nitrogens with one attached hydrogen (secondary N) is 3. The van der Waals surface area contributed by atoms with Crippen molar-refractivity contribution in [1.29, 1.82) is 0 Å². The highest BCUT2D eigenvalue weighted by atomic mass is 16.4. The van der Waals surface area contributed by atoms with Crippen LogP contribution in [0.3, 0.4) is 0 Å². The van der Waals surface area contributed by atoms with Gasteiger partial charge in [0.2, 0.25) is 29.5 Å². The number of hydrogen-bond donors (Lipinski definition) is 8. The Hall–Kier alpha value is -4.20. The van der Waals surface area contributed by atoms with Gasteiger partial charge in [0.15, 0.2) is 0 Å². The average Bonchev–Trinajstić information content (AvgIpc) is 2.82. The normalized spacial score (nSPS) is 14.0. The average molecular weight is 537 g/mol. The number of carboxylic acid groups (broad SMARTS) is 1. The Kier molecular flexibility index (Phi) is 12.7. The lowest BCUT2D eigenvalue weighted by molar-refractivity contribution is -0.143. The van der Waals surface area contributed by atoms with Crippen molar-refractivity contribution in [3.05, 3.63) is 29.8 Å². The molecule has 5 amide bonds. The molecule has 0 aliphatic rings. The molecule has 0 aliphatic heterocycles. The van der Waals surface area contributed by atoms with Gasteiger partial charge in [-0.25, -0.2) is 4.79 Å². The molecule has 38 heavy (non-hydrogen) atoms. The number of phenolic OH excluding ortho intramolecular Hbond substituents is 1. The molecule has 0 spiro atoms. The van der Waals surface area contributed by atoms with Crippen LogP contribution in [0.1, 0.15) is 45.1 Å². The number of carbonyl (C=O) groups excluding carboxylic acids is 5. The van der Waals surface area contributed by atoms with Crippen LogP contribution < -0.4 is 33.2 Å². The summed E-state index contributed by atoms with van der Waals surface area (Å²) < 4.78 is 0. The number of amides is 5. The summed E-state index contributed by atoms with van der Waals surface area (Å²) in [5, 5.41) is 25.9. The van der Waals surface area contributed by atoms with Crippen molar-refractivity contribution in [3.63, 3.8) is 0 Å². The Morgan fingerprint density at radius 1 is 0.789 bits per heavy atom. The number of aromatic hydroxyl groups is 1. The van der Waals surface area contributed by atoms with Crippen LogP contribution >= 0.6 is 0 Å². The van der Waals surface area contributed by atoms with Crippen molar-refractivity contribution in [2.24, 2.45) is 23.1 Å². The van der Waals surface area contributed by atoms with E-state index in [1.165, 1.54) is 12.1 Å². The standard InChI is InChI=1S/C24H36N6O8/c1-12(2)20(30-21(34)15(25)11-13-3-5-14(31)6-4-13)23(36)28-16(7-9-18(26)32)22(35)29-17(24(37)38)8-10-19(27)33/h3-6,12,15-17,20,31H,7-11,25H2,1-2H3,(H2,26,32)(H2,27,33)(H,28,36)(H,29,35)(H,30,34)(H,37,38). The summed E-state index contributed by atoms with van der Waals surface area (Å²) in [6, 6.07) is 1.12. The Morgan fingerprint density at radius 2 is 1.29 bits per heavy atom. The predicted octanol–water partition coefficient (Wildman–Crippen LogP) is -2.01. The van der Waals surface area contributed by atoms with E-state index in [1.54, 1.807) is 26.0 Å². The number of aliphatic carboxylic acids is 1. The van der Waals surface area contributed by atoms with Gasteiger partial charge in [-0.3, -0.25) is 24.0 Å². The van der Waals surface area contributed by atoms with E-state index < -0.39 is 65.6 Å². The molecule has 0 saturated heterocycles. The molecular weight excluding hydrogens is 500 g/mol. The molecule has 0 aromatic heterocycles. The molecule has 14 heteroatoms. The van der Waals surface area contributed by atoms with Crippen LogP contribution in [0.15, 0.2) is 24.3 Å². The molecule has 14 nitrogen and oxygen atoms in total. The molecule has 4 unspecified atom stereocenters. The van der Waals surface area contributed by atoms with Gasteiger partial charge in [0.1, 0.15) is 23.9 Å². The van der Waals surface area contributed by atoms with Crippen LogP contribution in [-0.2, 0) is 35.2 Å². The first-order valence-electron chi connectivity index (χ1n) is 11.9. The van der Waals surface area contributed by atoms with Crippen molar-refractivity contribution in [2.45, 2.75) is 70.1 Å². The van der Waals surface area contributed by atoms with Crippen LogP contribution in [0, 0.1) is 5.92 Å². The summed E-state index contributed by atoms with van der Waals surface area (Å²) in [6.45, 7) is 3.30. The topological polar surface area (TPSA) is 257 Å². The van der Waals surface area contributed by atoms with E-state index >= 15 is 0 Å². The van der Waals surface area contributed by atoms with Gasteiger partial charge in [0.25, 0.3) is 0 Å². The quantitative estimate of drug-likeness (QED) is 0.116. The second-order valence-electron chi connectivity index (χ2n) is 9.18. The van der Waals surface area contributed by atoms with E-state index in [0.717, 1.165) is 0 Å². The zero-order chi connectivity index (χ0) is 29.0. The summed E-state index contributed by atoms with van der Waals surface area (Å²) in [7, 11) is 0. The van der Waals surface area contributed by atoms with E-state index in [2.05, 4.69) is 16.0 Å². The van der Waals surface area contributed by atoms with Crippen molar-refractivity contribution >= 4 is 35.5 Å². The van der Waals surface area contributed by atoms with Crippen molar-refractivity contribution in [1.82, 2.24) is 16.0 Å². The second kappa shape index (κ2) is 15.1. The molecule has 210 valence electrons. The molecule has 0 bridgehead atoms. The molecule has 0 heterocycles. The Bertz CT molecular complexity index is 1010. The van der Waals surface area contributed by atoms with Gasteiger partial charge in [-0.1, -0.05) is 26.0 Å². The summed E-state index contributed by atoms with van der Waals surface area (Å²) >= 11 is 0. The van der Waals surface area contributed by atoms with Crippen LogP contribution in [0.25, 0.3) is 0 Å². The molecule has 1 rings (SSSR count). The number of hydrogen-bond acceptors (Lipinski definition) is 8. The third kappa shape index (κ3) is 11.2. The third-order valence-electron chi connectivity index (χ3n) is 5.58. The first-order valence-corrected chi connectivity index (χ1v) is 11.9. The molecule has 0 saturated carbocycles. The van der Waals surface area contributed by atoms with E-state index in [4.69, 9.17) is 17.2 Å². The maximum absolute atomic E-state index is 13.1. The maximum Gasteiger partial charge on any atom is 0.326 e. The van der Waals surface area contributed by atoms with Gasteiger partial charge >= 0.3 is 5.97 Å². The minimum absolute atomic E-state index is 0.0563. The number of primary amides is 2. The lowest BCUT2D eigenvalue weighted by Gasteiger charge is -2.27. The second-order valence-corrected chi connectivity index (χ2v) is 9.18. The zero-order valence-electron chi connectivity index (χ0n) is 21.3. The fourth-order valence-corrected chi connectivity index (χ4v) is 3.41. The van der Waals surface area contributed by atoms with Crippen molar-refractivity contribution in [2.75, 3.05) is 0 Å². The number of carbonyl (C=O) groups is 6. The highest BCUT2D eigenvalue weighted by Gasteiger charge is 2.32. The van der Waals surface area contributed by atoms with E-state index in [-0.39, 0.29) is 37.9 Å². The highest BCUT2D eigenvalue weighted by molar-refractivity contribution is 5.94. The van der Waals surface area contributed by atoms with Crippen LogP contribution in [0.5, 0.6) is 5.75 Å². The summed E-state index contributed by atoms with van der Waals surface area (Å²) in [5.74, 6) is -5.65. The maximum atomic E-state index is 13.1. The highest BCUT2D eigenvalue weighted by Crippen LogP contribution is 2.12. The number of carboxylic acids is 1. The van der Waals surface area contributed by atoms with E-state index in [0.29, 0.717) is 5.56 Å². The van der Waals surface area contributed by atoms with Crippen LogP contribution in [-0.4, -0.2) is 69.9 Å². The summed E-state index contributed by atoms with van der Waals surface area (Å²) in [6.07, 6.45) is -0.996. The first-order chi connectivity index (χ1) is 17.7. The summed E-state index contributed by atoms with van der Waals surface area (Å²) in [5.41, 5.74) is 16.9. The molecule has 4 atom stereocenters. The van der Waals surface area contributed by atoms with Gasteiger partial charge in [0.05, 0.1) is 6.04 Å².